The molecule has 0 aromatic heterocycles. The average molecular weight is 281 g/mol. The zero-order valence-corrected chi connectivity index (χ0v) is 12.3. The third-order valence-corrected chi connectivity index (χ3v) is 3.89. The largest absolute Gasteiger partial charge is 0.494 e. The first-order valence-electron chi connectivity index (χ1n) is 7.40. The van der Waals surface area contributed by atoms with Crippen LogP contribution in [0.1, 0.15) is 37.8 Å². The van der Waals surface area contributed by atoms with E-state index < -0.39 is 0 Å². The van der Waals surface area contributed by atoms with Crippen molar-refractivity contribution in [1.82, 2.24) is 5.32 Å². The minimum Gasteiger partial charge on any atom is -0.494 e. The fourth-order valence-electron chi connectivity index (χ4n) is 2.78. The molecule has 0 saturated carbocycles. The van der Waals surface area contributed by atoms with E-state index in [0.717, 1.165) is 44.6 Å². The number of hydrogen-bond acceptors (Lipinski definition) is 3. The third-order valence-electron chi connectivity index (χ3n) is 3.89. The maximum Gasteiger partial charge on any atom is 0.165 e. The molecule has 2 rings (SSSR count). The van der Waals surface area contributed by atoms with Gasteiger partial charge < -0.3 is 14.8 Å². The van der Waals surface area contributed by atoms with Crippen molar-refractivity contribution >= 4 is 0 Å². The Morgan fingerprint density at radius 2 is 2.15 bits per heavy atom. The van der Waals surface area contributed by atoms with Crippen LogP contribution in [0.2, 0.25) is 0 Å². The van der Waals surface area contributed by atoms with Crippen LogP contribution < -0.4 is 10.1 Å². The van der Waals surface area contributed by atoms with Gasteiger partial charge in [0.15, 0.2) is 11.6 Å². The molecule has 1 N–H and O–H groups in total. The van der Waals surface area contributed by atoms with Gasteiger partial charge in [-0.1, -0.05) is 13.0 Å². The van der Waals surface area contributed by atoms with Crippen molar-refractivity contribution in [3.63, 3.8) is 0 Å². The number of methoxy groups -OCH3 is 1. The molecule has 0 spiro atoms. The van der Waals surface area contributed by atoms with E-state index in [1.807, 2.05) is 6.07 Å². The molecule has 1 atom stereocenters. The topological polar surface area (TPSA) is 30.5 Å². The highest BCUT2D eigenvalue weighted by Crippen LogP contribution is 2.32. The van der Waals surface area contributed by atoms with Crippen LogP contribution in [0.3, 0.4) is 0 Å². The average Bonchev–Trinajstić information content (AvgIpc) is 2.49. The Kier molecular flexibility index (Phi) is 5.80. The molecule has 0 bridgehead atoms. The SMILES string of the molecule is CCCNC(c1ccc(OC)c(F)c1)C1CCOCC1. The number of halogens is 1. The van der Waals surface area contributed by atoms with E-state index in [9.17, 15) is 4.39 Å². The molecule has 20 heavy (non-hydrogen) atoms. The Bertz CT molecular complexity index is 419. The summed E-state index contributed by atoms with van der Waals surface area (Å²) in [5, 5.41) is 3.56. The summed E-state index contributed by atoms with van der Waals surface area (Å²) in [5.41, 5.74) is 1.00. The number of nitrogens with one attached hydrogen (secondary N) is 1. The van der Waals surface area contributed by atoms with Gasteiger partial charge in [0.25, 0.3) is 0 Å². The zero-order valence-electron chi connectivity index (χ0n) is 12.3. The molecular formula is C16H24FNO2. The van der Waals surface area contributed by atoms with Gasteiger partial charge in [0.05, 0.1) is 7.11 Å². The summed E-state index contributed by atoms with van der Waals surface area (Å²) in [6, 6.07) is 5.47. The summed E-state index contributed by atoms with van der Waals surface area (Å²) in [4.78, 5) is 0. The normalized spacial score (nSPS) is 17.9. The van der Waals surface area contributed by atoms with Gasteiger partial charge >= 0.3 is 0 Å². The minimum absolute atomic E-state index is 0.194. The van der Waals surface area contributed by atoms with Gasteiger partial charge in [-0.2, -0.15) is 0 Å². The second-order valence-electron chi connectivity index (χ2n) is 5.28. The summed E-state index contributed by atoms with van der Waals surface area (Å²) in [7, 11) is 1.49. The van der Waals surface area contributed by atoms with Crippen molar-refractivity contribution < 1.29 is 13.9 Å². The van der Waals surface area contributed by atoms with Gasteiger partial charge in [-0.15, -0.1) is 0 Å². The second kappa shape index (κ2) is 7.60. The van der Waals surface area contributed by atoms with E-state index in [-0.39, 0.29) is 11.9 Å². The Morgan fingerprint density at radius 1 is 1.40 bits per heavy atom. The van der Waals surface area contributed by atoms with Crippen LogP contribution in [0, 0.1) is 11.7 Å². The predicted molar refractivity (Wildman–Crippen MR) is 77.5 cm³/mol. The maximum absolute atomic E-state index is 13.9. The van der Waals surface area contributed by atoms with Crippen LogP contribution in [0.4, 0.5) is 4.39 Å². The Morgan fingerprint density at radius 3 is 2.75 bits per heavy atom. The lowest BCUT2D eigenvalue weighted by Crippen LogP contribution is -2.32. The maximum atomic E-state index is 13.9. The third kappa shape index (κ3) is 3.70. The summed E-state index contributed by atoms with van der Waals surface area (Å²) in [6.45, 7) is 4.68. The Labute approximate surface area is 120 Å². The fourth-order valence-corrected chi connectivity index (χ4v) is 2.78. The predicted octanol–water partition coefficient (Wildman–Crippen LogP) is 3.30. The first-order valence-corrected chi connectivity index (χ1v) is 7.40. The Balaban J connectivity index is 2.18. The molecule has 1 aliphatic heterocycles. The van der Waals surface area contributed by atoms with Crippen LogP contribution in [0.5, 0.6) is 5.75 Å². The summed E-state index contributed by atoms with van der Waals surface area (Å²) in [6.07, 6.45) is 3.11. The fraction of sp³-hybridized carbons (Fsp3) is 0.625. The van der Waals surface area contributed by atoms with Crippen LogP contribution >= 0.6 is 0 Å². The van der Waals surface area contributed by atoms with E-state index in [4.69, 9.17) is 9.47 Å². The van der Waals surface area contributed by atoms with Crippen LogP contribution in [-0.4, -0.2) is 26.9 Å². The standard InChI is InChI=1S/C16H24FNO2/c1-3-8-18-16(12-6-9-20-10-7-12)13-4-5-15(19-2)14(17)11-13/h4-5,11-12,16,18H,3,6-10H2,1-2H3. The summed E-state index contributed by atoms with van der Waals surface area (Å²) in [5.74, 6) is 0.512. The molecule has 112 valence electrons. The molecule has 1 heterocycles. The molecule has 1 aromatic rings. The highest BCUT2D eigenvalue weighted by atomic mass is 19.1. The first-order chi connectivity index (χ1) is 9.76. The quantitative estimate of drug-likeness (QED) is 0.868. The minimum atomic E-state index is -0.291. The Hall–Kier alpha value is -1.13. The molecule has 3 nitrogen and oxygen atoms in total. The van der Waals surface area contributed by atoms with Crippen LogP contribution in [0.25, 0.3) is 0 Å². The van der Waals surface area contributed by atoms with Gasteiger partial charge in [0.1, 0.15) is 0 Å². The van der Waals surface area contributed by atoms with Crippen LogP contribution in [0.15, 0.2) is 18.2 Å². The molecule has 1 fully saturated rings. The van der Waals surface area contributed by atoms with Crippen LogP contribution in [-0.2, 0) is 4.74 Å². The molecule has 0 aliphatic carbocycles. The monoisotopic (exact) mass is 281 g/mol. The lowest BCUT2D eigenvalue weighted by molar-refractivity contribution is 0.0536. The lowest BCUT2D eigenvalue weighted by Gasteiger charge is -2.31. The number of hydrogen-bond donors (Lipinski definition) is 1. The highest BCUT2D eigenvalue weighted by Gasteiger charge is 2.25. The molecule has 4 heteroatoms. The molecule has 1 aliphatic rings. The number of ether oxygens (including phenoxy) is 2. The molecule has 1 saturated heterocycles. The molecule has 1 unspecified atom stereocenters. The first kappa shape index (κ1) is 15.3. The van der Waals surface area contributed by atoms with E-state index >= 15 is 0 Å². The van der Waals surface area contributed by atoms with Crippen molar-refractivity contribution in [3.05, 3.63) is 29.6 Å². The van der Waals surface area contributed by atoms with Gasteiger partial charge in [0.2, 0.25) is 0 Å². The van der Waals surface area contributed by atoms with E-state index in [0.29, 0.717) is 11.7 Å². The van der Waals surface area contributed by atoms with Crippen molar-refractivity contribution in [2.24, 2.45) is 5.92 Å². The molecule has 0 radical (unpaired) electrons. The molecule has 0 amide bonds. The van der Waals surface area contributed by atoms with Gasteiger partial charge in [-0.05, 0) is 49.4 Å². The lowest BCUT2D eigenvalue weighted by atomic mass is 9.87. The summed E-state index contributed by atoms with van der Waals surface area (Å²) < 4.78 is 24.3. The van der Waals surface area contributed by atoms with Gasteiger partial charge in [0, 0.05) is 19.3 Å². The molecular weight excluding hydrogens is 257 g/mol. The van der Waals surface area contributed by atoms with Crippen molar-refractivity contribution in [2.75, 3.05) is 26.9 Å². The van der Waals surface area contributed by atoms with E-state index in [1.54, 1.807) is 12.1 Å². The van der Waals surface area contributed by atoms with E-state index in [1.165, 1.54) is 7.11 Å². The molecule has 1 aromatic carbocycles. The highest BCUT2D eigenvalue weighted by molar-refractivity contribution is 5.31. The van der Waals surface area contributed by atoms with Crippen molar-refractivity contribution in [2.45, 2.75) is 32.2 Å². The van der Waals surface area contributed by atoms with Gasteiger partial charge in [-0.3, -0.25) is 0 Å². The second-order valence-corrected chi connectivity index (χ2v) is 5.28. The zero-order chi connectivity index (χ0) is 14.4. The smallest absolute Gasteiger partial charge is 0.165 e. The van der Waals surface area contributed by atoms with Crippen molar-refractivity contribution in [3.8, 4) is 5.75 Å². The summed E-state index contributed by atoms with van der Waals surface area (Å²) >= 11 is 0. The number of benzene rings is 1. The number of rotatable bonds is 6. The van der Waals surface area contributed by atoms with Crippen molar-refractivity contribution in [1.29, 1.82) is 0 Å². The van der Waals surface area contributed by atoms with E-state index in [2.05, 4.69) is 12.2 Å². The van der Waals surface area contributed by atoms with Gasteiger partial charge in [-0.25, -0.2) is 4.39 Å².